The van der Waals surface area contributed by atoms with Gasteiger partial charge in [0.25, 0.3) is 0 Å². The van der Waals surface area contributed by atoms with Crippen LogP contribution in [0, 0.1) is 0 Å². The maximum Gasteiger partial charge on any atom is 0.0542 e. The highest BCUT2D eigenvalue weighted by atomic mass is 15.1. The van der Waals surface area contributed by atoms with Gasteiger partial charge in [-0.05, 0) is 110 Å². The maximum absolute atomic E-state index is 2.41. The predicted octanol–water partition coefficient (Wildman–Crippen LogP) is 15.0. The topological polar surface area (TPSA) is 8.17 Å². The van der Waals surface area contributed by atoms with Crippen molar-refractivity contribution >= 4 is 71.2 Å². The van der Waals surface area contributed by atoms with E-state index in [2.05, 4.69) is 228 Å². The van der Waals surface area contributed by atoms with Crippen LogP contribution >= 0.6 is 0 Å². The molecule has 0 saturated heterocycles. The van der Waals surface area contributed by atoms with Gasteiger partial charge in [0.15, 0.2) is 0 Å². The molecule has 0 fully saturated rings. The van der Waals surface area contributed by atoms with Gasteiger partial charge in [0, 0.05) is 33.4 Å². The van der Waals surface area contributed by atoms with E-state index in [1.165, 1.54) is 76.4 Å². The molecule has 0 saturated carbocycles. The van der Waals surface area contributed by atoms with Gasteiger partial charge in [0.1, 0.15) is 0 Å². The van der Waals surface area contributed by atoms with E-state index in [0.29, 0.717) is 0 Å². The number of aromatic nitrogens is 1. The summed E-state index contributed by atoms with van der Waals surface area (Å²) in [7, 11) is 0. The molecule has 0 aliphatic carbocycles. The first-order valence-electron chi connectivity index (χ1n) is 19.3. The number of hydrogen-bond acceptors (Lipinski definition) is 1. The van der Waals surface area contributed by atoms with Crippen molar-refractivity contribution in [3.8, 4) is 27.9 Å². The van der Waals surface area contributed by atoms with Gasteiger partial charge in [0.05, 0.1) is 16.7 Å². The summed E-state index contributed by atoms with van der Waals surface area (Å²) >= 11 is 0. The van der Waals surface area contributed by atoms with Gasteiger partial charge in [0.2, 0.25) is 0 Å². The fourth-order valence-corrected chi connectivity index (χ4v) is 8.73. The van der Waals surface area contributed by atoms with Crippen LogP contribution in [-0.2, 0) is 0 Å². The summed E-state index contributed by atoms with van der Waals surface area (Å²) in [6, 6.07) is 79.4. The SMILES string of the molecule is c1ccc(-c2ccccc2N(c2ccc(-c3ccc4c(ccc5ccc6ccccc6c54)c3)cc2)c2ccc3c(c2)c2ccccc2n3-c2ccccc2)cc1. The Morgan fingerprint density at radius 3 is 1.77 bits per heavy atom. The lowest BCUT2D eigenvalue weighted by atomic mass is 9.94. The lowest BCUT2D eigenvalue weighted by Gasteiger charge is -2.28. The second-order valence-electron chi connectivity index (χ2n) is 14.5. The molecule has 0 aliphatic rings. The van der Waals surface area contributed by atoms with Crippen molar-refractivity contribution in [2.24, 2.45) is 0 Å². The van der Waals surface area contributed by atoms with Crippen molar-refractivity contribution in [1.29, 1.82) is 0 Å². The quantitative estimate of drug-likeness (QED) is 0.156. The van der Waals surface area contributed by atoms with E-state index >= 15 is 0 Å². The van der Waals surface area contributed by atoms with Crippen LogP contribution in [0.3, 0.4) is 0 Å². The summed E-state index contributed by atoms with van der Waals surface area (Å²) in [4.78, 5) is 2.41. The molecule has 0 unspecified atom stereocenters. The van der Waals surface area contributed by atoms with Crippen LogP contribution in [0.25, 0.3) is 82.1 Å². The molecule has 0 atom stereocenters. The summed E-state index contributed by atoms with van der Waals surface area (Å²) in [6.07, 6.45) is 0. The Kier molecular flexibility index (Phi) is 7.53. The van der Waals surface area contributed by atoms with E-state index in [9.17, 15) is 0 Å². The van der Waals surface area contributed by atoms with Crippen molar-refractivity contribution in [3.05, 3.63) is 218 Å². The van der Waals surface area contributed by atoms with Gasteiger partial charge >= 0.3 is 0 Å². The highest BCUT2D eigenvalue weighted by molar-refractivity contribution is 6.20. The van der Waals surface area contributed by atoms with Crippen molar-refractivity contribution in [3.63, 3.8) is 0 Å². The molecule has 1 aromatic heterocycles. The third-order valence-corrected chi connectivity index (χ3v) is 11.3. The second kappa shape index (κ2) is 13.2. The van der Waals surface area contributed by atoms with Crippen LogP contribution in [0.5, 0.6) is 0 Å². The van der Waals surface area contributed by atoms with E-state index < -0.39 is 0 Å². The molecule has 11 rings (SSSR count). The van der Waals surface area contributed by atoms with Gasteiger partial charge in [-0.25, -0.2) is 0 Å². The summed E-state index contributed by atoms with van der Waals surface area (Å²) in [5.41, 5.74) is 11.6. The molecule has 11 aromatic rings. The molecule has 2 nitrogen and oxygen atoms in total. The van der Waals surface area contributed by atoms with Crippen molar-refractivity contribution < 1.29 is 0 Å². The Balaban J connectivity index is 1.06. The van der Waals surface area contributed by atoms with Gasteiger partial charge in [-0.3, -0.25) is 0 Å². The van der Waals surface area contributed by atoms with E-state index in [-0.39, 0.29) is 0 Å². The highest BCUT2D eigenvalue weighted by Gasteiger charge is 2.20. The first kappa shape index (κ1) is 32.0. The van der Waals surface area contributed by atoms with E-state index in [1.54, 1.807) is 0 Å². The summed E-state index contributed by atoms with van der Waals surface area (Å²) in [5, 5.41) is 10.1. The van der Waals surface area contributed by atoms with Crippen molar-refractivity contribution in [1.82, 2.24) is 4.57 Å². The van der Waals surface area contributed by atoms with Gasteiger partial charge in [-0.2, -0.15) is 0 Å². The number of rotatable bonds is 6. The second-order valence-corrected chi connectivity index (χ2v) is 14.5. The minimum absolute atomic E-state index is 1.10. The van der Waals surface area contributed by atoms with Crippen LogP contribution in [-0.4, -0.2) is 4.57 Å². The van der Waals surface area contributed by atoms with Crippen molar-refractivity contribution in [2.75, 3.05) is 4.90 Å². The van der Waals surface area contributed by atoms with Crippen LogP contribution in [0.4, 0.5) is 17.1 Å². The van der Waals surface area contributed by atoms with E-state index in [1.807, 2.05) is 0 Å². The average Bonchev–Trinajstić information content (AvgIpc) is 3.61. The Bertz CT molecular complexity index is 3230. The summed E-state index contributed by atoms with van der Waals surface area (Å²) in [6.45, 7) is 0. The lowest BCUT2D eigenvalue weighted by Crippen LogP contribution is -2.11. The molecule has 56 heavy (non-hydrogen) atoms. The Morgan fingerprint density at radius 1 is 0.321 bits per heavy atom. The number of benzene rings is 10. The minimum Gasteiger partial charge on any atom is -0.310 e. The van der Waals surface area contributed by atoms with E-state index in [4.69, 9.17) is 0 Å². The van der Waals surface area contributed by atoms with Crippen LogP contribution in [0.2, 0.25) is 0 Å². The first-order valence-corrected chi connectivity index (χ1v) is 19.3. The number of para-hydroxylation sites is 3. The fourth-order valence-electron chi connectivity index (χ4n) is 8.73. The smallest absolute Gasteiger partial charge is 0.0542 e. The third-order valence-electron chi connectivity index (χ3n) is 11.3. The maximum atomic E-state index is 2.41. The Hall–Kier alpha value is -7.42. The zero-order valence-electron chi connectivity index (χ0n) is 30.7. The lowest BCUT2D eigenvalue weighted by molar-refractivity contribution is 1.18. The normalized spacial score (nSPS) is 11.6. The number of hydrogen-bond donors (Lipinski definition) is 0. The molecular weight excluding hydrogens is 677 g/mol. The molecule has 0 amide bonds. The van der Waals surface area contributed by atoms with E-state index in [0.717, 1.165) is 22.7 Å². The number of anilines is 3. The Morgan fingerprint density at radius 2 is 0.929 bits per heavy atom. The van der Waals surface area contributed by atoms with Crippen LogP contribution in [0.1, 0.15) is 0 Å². The highest BCUT2D eigenvalue weighted by Crippen LogP contribution is 2.44. The van der Waals surface area contributed by atoms with Crippen molar-refractivity contribution in [2.45, 2.75) is 0 Å². The fraction of sp³-hybridized carbons (Fsp3) is 0. The zero-order chi connectivity index (χ0) is 37.0. The number of fused-ring (bicyclic) bond motifs is 8. The molecule has 10 aromatic carbocycles. The average molecular weight is 713 g/mol. The molecule has 0 radical (unpaired) electrons. The van der Waals surface area contributed by atoms with Gasteiger partial charge in [-0.15, -0.1) is 0 Å². The largest absolute Gasteiger partial charge is 0.310 e. The van der Waals surface area contributed by atoms with Crippen LogP contribution in [0.15, 0.2) is 218 Å². The molecule has 2 heteroatoms. The molecule has 0 N–H and O–H groups in total. The Labute approximate surface area is 325 Å². The molecule has 0 spiro atoms. The van der Waals surface area contributed by atoms with Crippen LogP contribution < -0.4 is 4.90 Å². The first-order chi connectivity index (χ1) is 27.8. The third kappa shape index (κ3) is 5.26. The summed E-state index contributed by atoms with van der Waals surface area (Å²) < 4.78 is 2.38. The minimum atomic E-state index is 1.10. The predicted molar refractivity (Wildman–Crippen MR) is 239 cm³/mol. The van der Waals surface area contributed by atoms with Gasteiger partial charge < -0.3 is 9.47 Å². The molecule has 1 heterocycles. The zero-order valence-corrected chi connectivity index (χ0v) is 30.7. The molecule has 0 bridgehead atoms. The standard InChI is InChI=1S/C54H36N2/c1-3-13-38(14-4-1)46-18-9-11-21-51(46)55(45-32-34-53-50(36-45)49-20-10-12-22-52(49)56(53)43-16-5-2-6-17-43)44-30-27-37(28-31-44)41-29-33-48-42(35-41)26-25-40-24-23-39-15-7-8-19-47(39)54(40)48/h1-36H. The van der Waals surface area contributed by atoms with Gasteiger partial charge in [-0.1, -0.05) is 158 Å². The number of nitrogens with zero attached hydrogens (tertiary/aromatic N) is 2. The molecule has 0 aliphatic heterocycles. The monoisotopic (exact) mass is 712 g/mol. The molecule has 262 valence electrons. The summed E-state index contributed by atoms with van der Waals surface area (Å²) in [5.74, 6) is 0. The molecular formula is C54H36N2.